The Kier molecular flexibility index (Phi) is 5.20. The number of pyridine rings is 1. The summed E-state index contributed by atoms with van der Waals surface area (Å²) in [4.78, 5) is 25.9. The van der Waals surface area contributed by atoms with Crippen LogP contribution in [0.5, 0.6) is 11.5 Å². The van der Waals surface area contributed by atoms with E-state index in [4.69, 9.17) is 21.1 Å². The van der Waals surface area contributed by atoms with Crippen molar-refractivity contribution in [2.45, 2.75) is 33.0 Å². The Hall–Kier alpha value is -2.99. The quantitative estimate of drug-likeness (QED) is 0.692. The number of carbonyl (C=O) groups excluding carboxylic acids is 1. The summed E-state index contributed by atoms with van der Waals surface area (Å²) in [5.74, 6) is 0.852. The summed E-state index contributed by atoms with van der Waals surface area (Å²) < 4.78 is 13.3. The third kappa shape index (κ3) is 3.56. The first-order valence-corrected chi connectivity index (χ1v) is 9.88. The lowest BCUT2D eigenvalue weighted by molar-refractivity contribution is 0.0948. The molecular formula is C22H21ClN2O4. The van der Waals surface area contributed by atoms with E-state index >= 15 is 0 Å². The number of nitrogens with zero attached hydrogens (tertiary/aromatic N) is 1. The number of hydrogen-bond donors (Lipinski definition) is 1. The highest BCUT2D eigenvalue weighted by Gasteiger charge is 2.24. The zero-order valence-electron chi connectivity index (χ0n) is 16.2. The molecule has 1 atom stereocenters. The van der Waals surface area contributed by atoms with Crippen molar-refractivity contribution >= 4 is 28.4 Å². The SMILES string of the molecule is CCOc1ccccc1CNC(=O)c1cn2c3c(ccc(Cl)c3c1=O)OC(C)C2. The summed E-state index contributed by atoms with van der Waals surface area (Å²) in [5, 5.41) is 3.43. The summed E-state index contributed by atoms with van der Waals surface area (Å²) in [5.41, 5.74) is 1.11. The van der Waals surface area contributed by atoms with Crippen molar-refractivity contribution in [1.82, 2.24) is 9.88 Å². The summed E-state index contributed by atoms with van der Waals surface area (Å²) in [7, 11) is 0. The number of carbonyl (C=O) groups is 1. The minimum atomic E-state index is -0.451. The number of para-hydroxylation sites is 1. The van der Waals surface area contributed by atoms with E-state index in [9.17, 15) is 9.59 Å². The van der Waals surface area contributed by atoms with Gasteiger partial charge in [0.2, 0.25) is 5.43 Å². The zero-order valence-corrected chi connectivity index (χ0v) is 17.0. The molecule has 1 unspecified atom stereocenters. The number of nitrogens with one attached hydrogen (secondary N) is 1. The lowest BCUT2D eigenvalue weighted by Crippen LogP contribution is -2.32. The van der Waals surface area contributed by atoms with Gasteiger partial charge in [0, 0.05) is 18.3 Å². The van der Waals surface area contributed by atoms with E-state index < -0.39 is 11.3 Å². The van der Waals surface area contributed by atoms with Crippen molar-refractivity contribution < 1.29 is 14.3 Å². The van der Waals surface area contributed by atoms with E-state index in [-0.39, 0.29) is 18.2 Å². The van der Waals surface area contributed by atoms with Crippen LogP contribution in [-0.2, 0) is 13.1 Å². The maximum absolute atomic E-state index is 13.1. The van der Waals surface area contributed by atoms with Gasteiger partial charge in [-0.05, 0) is 32.0 Å². The maximum Gasteiger partial charge on any atom is 0.257 e. The summed E-state index contributed by atoms with van der Waals surface area (Å²) in [6, 6.07) is 10.9. The normalized spacial score (nSPS) is 15.1. The van der Waals surface area contributed by atoms with Gasteiger partial charge in [-0.15, -0.1) is 0 Å². The summed E-state index contributed by atoms with van der Waals surface area (Å²) in [6.07, 6.45) is 1.51. The van der Waals surface area contributed by atoms with Crippen LogP contribution in [0, 0.1) is 0 Å². The number of aromatic nitrogens is 1. The molecule has 2 heterocycles. The van der Waals surface area contributed by atoms with E-state index in [0.717, 1.165) is 5.56 Å². The second-order valence-corrected chi connectivity index (χ2v) is 7.35. The lowest BCUT2D eigenvalue weighted by Gasteiger charge is -2.26. The second-order valence-electron chi connectivity index (χ2n) is 6.95. The van der Waals surface area contributed by atoms with Crippen LogP contribution in [0.4, 0.5) is 0 Å². The van der Waals surface area contributed by atoms with Crippen molar-refractivity contribution in [2.24, 2.45) is 0 Å². The highest BCUT2D eigenvalue weighted by molar-refractivity contribution is 6.35. The number of ether oxygens (including phenoxy) is 2. The Balaban J connectivity index is 1.70. The predicted octanol–water partition coefficient (Wildman–Crippen LogP) is 3.76. The number of halogens is 1. The average Bonchev–Trinajstić information content (AvgIpc) is 2.70. The van der Waals surface area contributed by atoms with Gasteiger partial charge < -0.3 is 19.4 Å². The van der Waals surface area contributed by atoms with Gasteiger partial charge >= 0.3 is 0 Å². The van der Waals surface area contributed by atoms with Crippen molar-refractivity contribution in [3.8, 4) is 11.5 Å². The Labute approximate surface area is 173 Å². The van der Waals surface area contributed by atoms with Crippen LogP contribution >= 0.6 is 11.6 Å². The van der Waals surface area contributed by atoms with Gasteiger partial charge in [0.15, 0.2) is 0 Å². The molecule has 0 spiro atoms. The molecule has 6 nitrogen and oxygen atoms in total. The number of hydrogen-bond acceptors (Lipinski definition) is 4. The largest absolute Gasteiger partial charge is 0.494 e. The van der Waals surface area contributed by atoms with Crippen molar-refractivity contribution in [3.63, 3.8) is 0 Å². The zero-order chi connectivity index (χ0) is 20.5. The molecule has 3 aromatic rings. The van der Waals surface area contributed by atoms with Crippen molar-refractivity contribution in [3.05, 3.63) is 69.0 Å². The Morgan fingerprint density at radius 1 is 1.31 bits per heavy atom. The molecule has 4 rings (SSSR count). The van der Waals surface area contributed by atoms with Gasteiger partial charge in [-0.3, -0.25) is 9.59 Å². The standard InChI is InChI=1S/C22H21ClN2O4/c1-3-28-17-7-5-4-6-14(17)10-24-22(27)15-12-25-11-13(2)29-18-9-8-16(23)19(20(18)25)21(15)26/h4-9,12-13H,3,10-11H2,1-2H3,(H,24,27). The minimum Gasteiger partial charge on any atom is -0.494 e. The van der Waals surface area contributed by atoms with Crippen LogP contribution < -0.4 is 20.2 Å². The van der Waals surface area contributed by atoms with E-state index in [2.05, 4.69) is 5.32 Å². The molecule has 1 amide bonds. The molecule has 7 heteroatoms. The third-order valence-electron chi connectivity index (χ3n) is 4.87. The fraction of sp³-hybridized carbons (Fsp3) is 0.273. The third-order valence-corrected chi connectivity index (χ3v) is 5.19. The molecule has 0 fully saturated rings. The first-order chi connectivity index (χ1) is 14.0. The molecular weight excluding hydrogens is 392 g/mol. The van der Waals surface area contributed by atoms with E-state index in [1.54, 1.807) is 18.3 Å². The van der Waals surface area contributed by atoms with Crippen LogP contribution in [0.3, 0.4) is 0 Å². The fourth-order valence-corrected chi connectivity index (χ4v) is 3.85. The monoisotopic (exact) mass is 412 g/mol. The molecule has 0 bridgehead atoms. The van der Waals surface area contributed by atoms with Crippen LogP contribution in [0.15, 0.2) is 47.4 Å². The molecule has 1 N–H and O–H groups in total. The Morgan fingerprint density at radius 2 is 2.10 bits per heavy atom. The smallest absolute Gasteiger partial charge is 0.257 e. The van der Waals surface area contributed by atoms with Gasteiger partial charge in [0.25, 0.3) is 5.91 Å². The molecule has 0 saturated carbocycles. The van der Waals surface area contributed by atoms with Crippen LogP contribution in [0.2, 0.25) is 5.02 Å². The van der Waals surface area contributed by atoms with Gasteiger partial charge in [0.1, 0.15) is 23.2 Å². The van der Waals surface area contributed by atoms with Crippen LogP contribution in [0.25, 0.3) is 10.9 Å². The Bertz CT molecular complexity index is 1160. The number of benzene rings is 2. The Morgan fingerprint density at radius 3 is 2.90 bits per heavy atom. The van der Waals surface area contributed by atoms with E-state index in [0.29, 0.717) is 40.6 Å². The second kappa shape index (κ2) is 7.79. The molecule has 0 aliphatic carbocycles. The van der Waals surface area contributed by atoms with E-state index in [1.165, 1.54) is 0 Å². The molecule has 1 aliphatic heterocycles. The molecule has 150 valence electrons. The molecule has 29 heavy (non-hydrogen) atoms. The first kappa shape index (κ1) is 19.3. The first-order valence-electron chi connectivity index (χ1n) is 9.50. The number of rotatable bonds is 5. The van der Waals surface area contributed by atoms with Crippen LogP contribution in [-0.4, -0.2) is 23.2 Å². The van der Waals surface area contributed by atoms with Gasteiger partial charge in [-0.25, -0.2) is 0 Å². The van der Waals surface area contributed by atoms with Crippen molar-refractivity contribution in [1.29, 1.82) is 0 Å². The fourth-order valence-electron chi connectivity index (χ4n) is 3.61. The summed E-state index contributed by atoms with van der Waals surface area (Å²) in [6.45, 7) is 5.14. The predicted molar refractivity (Wildman–Crippen MR) is 112 cm³/mol. The topological polar surface area (TPSA) is 69.6 Å². The lowest BCUT2D eigenvalue weighted by atomic mass is 10.1. The highest BCUT2D eigenvalue weighted by atomic mass is 35.5. The van der Waals surface area contributed by atoms with Crippen molar-refractivity contribution in [2.75, 3.05) is 6.61 Å². The van der Waals surface area contributed by atoms with Gasteiger partial charge in [-0.1, -0.05) is 29.8 Å². The summed E-state index contributed by atoms with van der Waals surface area (Å²) >= 11 is 6.31. The molecule has 2 aromatic carbocycles. The minimum absolute atomic E-state index is 0.0551. The van der Waals surface area contributed by atoms with E-state index in [1.807, 2.05) is 42.7 Å². The molecule has 0 saturated heterocycles. The van der Waals surface area contributed by atoms with Crippen LogP contribution in [0.1, 0.15) is 29.8 Å². The molecule has 1 aromatic heterocycles. The average molecular weight is 413 g/mol. The van der Waals surface area contributed by atoms with Gasteiger partial charge in [-0.2, -0.15) is 0 Å². The van der Waals surface area contributed by atoms with Gasteiger partial charge in [0.05, 0.1) is 29.1 Å². The maximum atomic E-state index is 13.1. The molecule has 0 radical (unpaired) electrons. The molecule has 1 aliphatic rings. The number of amides is 1. The highest BCUT2D eigenvalue weighted by Crippen LogP contribution is 2.33.